The van der Waals surface area contributed by atoms with Gasteiger partial charge in [0.1, 0.15) is 0 Å². The fraction of sp³-hybridized carbons (Fsp3) is 0.636. The van der Waals surface area contributed by atoms with Gasteiger partial charge in [-0.3, -0.25) is 9.48 Å². The molecule has 1 aromatic heterocycles. The van der Waals surface area contributed by atoms with Gasteiger partial charge >= 0.3 is 0 Å². The van der Waals surface area contributed by atoms with Crippen LogP contribution >= 0.6 is 12.4 Å². The van der Waals surface area contributed by atoms with Gasteiger partial charge in [-0.2, -0.15) is 5.10 Å². The molecular weight excluding hydrogens is 240 g/mol. The van der Waals surface area contributed by atoms with E-state index in [-0.39, 0.29) is 24.4 Å². The zero-order chi connectivity index (χ0) is 11.9. The van der Waals surface area contributed by atoms with Crippen molar-refractivity contribution in [2.75, 3.05) is 13.1 Å². The van der Waals surface area contributed by atoms with Gasteiger partial charge in [0.2, 0.25) is 0 Å². The lowest BCUT2D eigenvalue weighted by atomic mass is 10.1. The molecule has 1 fully saturated rings. The smallest absolute Gasteiger partial charge is 0.257 e. The minimum Gasteiger partial charge on any atom is -0.337 e. The van der Waals surface area contributed by atoms with Crippen LogP contribution in [0.3, 0.4) is 0 Å². The number of carbonyl (C=O) groups excluding carboxylic acids is 1. The van der Waals surface area contributed by atoms with Gasteiger partial charge in [-0.15, -0.1) is 12.4 Å². The molecule has 1 amide bonds. The van der Waals surface area contributed by atoms with E-state index in [4.69, 9.17) is 5.73 Å². The van der Waals surface area contributed by atoms with E-state index in [1.54, 1.807) is 4.68 Å². The molecule has 17 heavy (non-hydrogen) atoms. The zero-order valence-electron chi connectivity index (χ0n) is 10.4. The summed E-state index contributed by atoms with van der Waals surface area (Å²) >= 11 is 0. The first-order chi connectivity index (χ1) is 7.50. The number of aromatic nitrogens is 2. The number of hydrogen-bond donors (Lipinski definition) is 1. The fourth-order valence-corrected chi connectivity index (χ4v) is 2.21. The summed E-state index contributed by atoms with van der Waals surface area (Å²) < 4.78 is 1.75. The molecule has 1 saturated heterocycles. The molecule has 0 radical (unpaired) electrons. The van der Waals surface area contributed by atoms with Crippen LogP contribution in [0.5, 0.6) is 0 Å². The molecule has 5 nitrogen and oxygen atoms in total. The minimum absolute atomic E-state index is 0. The van der Waals surface area contributed by atoms with E-state index >= 15 is 0 Å². The number of likely N-dealkylation sites (tertiary alicyclic amines) is 1. The summed E-state index contributed by atoms with van der Waals surface area (Å²) in [5.41, 5.74) is 8.26. The van der Waals surface area contributed by atoms with E-state index in [9.17, 15) is 4.79 Å². The van der Waals surface area contributed by atoms with Crippen LogP contribution in [0.2, 0.25) is 0 Å². The van der Waals surface area contributed by atoms with Crippen molar-refractivity contribution in [3.05, 3.63) is 17.0 Å². The molecule has 0 aliphatic carbocycles. The van der Waals surface area contributed by atoms with Gasteiger partial charge in [0.25, 0.3) is 5.91 Å². The Bertz CT molecular complexity index is 429. The van der Waals surface area contributed by atoms with Crippen molar-refractivity contribution in [1.29, 1.82) is 0 Å². The first-order valence-corrected chi connectivity index (χ1v) is 5.55. The maximum Gasteiger partial charge on any atom is 0.257 e. The van der Waals surface area contributed by atoms with E-state index in [2.05, 4.69) is 5.10 Å². The first kappa shape index (κ1) is 14.0. The lowest BCUT2D eigenvalue weighted by Crippen LogP contribution is -2.32. The third kappa shape index (κ3) is 2.45. The largest absolute Gasteiger partial charge is 0.337 e. The van der Waals surface area contributed by atoms with Gasteiger partial charge in [-0.05, 0) is 20.3 Å². The van der Waals surface area contributed by atoms with Crippen LogP contribution in [0.4, 0.5) is 0 Å². The van der Waals surface area contributed by atoms with Gasteiger partial charge in [0.15, 0.2) is 0 Å². The summed E-state index contributed by atoms with van der Waals surface area (Å²) in [6.45, 7) is 5.21. The third-order valence-electron chi connectivity index (χ3n) is 3.23. The van der Waals surface area contributed by atoms with E-state index in [1.165, 1.54) is 0 Å². The van der Waals surface area contributed by atoms with E-state index in [0.29, 0.717) is 6.54 Å². The van der Waals surface area contributed by atoms with Crippen molar-refractivity contribution in [3.63, 3.8) is 0 Å². The Labute approximate surface area is 107 Å². The number of rotatable bonds is 1. The molecule has 0 spiro atoms. The van der Waals surface area contributed by atoms with Crippen molar-refractivity contribution in [1.82, 2.24) is 14.7 Å². The predicted molar refractivity (Wildman–Crippen MR) is 68.4 cm³/mol. The highest BCUT2D eigenvalue weighted by molar-refractivity contribution is 5.96. The molecule has 0 bridgehead atoms. The van der Waals surface area contributed by atoms with Gasteiger partial charge in [0.05, 0.1) is 11.3 Å². The molecular formula is C11H19ClN4O. The fourth-order valence-electron chi connectivity index (χ4n) is 2.21. The number of aryl methyl sites for hydroxylation is 2. The molecule has 1 aliphatic rings. The summed E-state index contributed by atoms with van der Waals surface area (Å²) in [4.78, 5) is 14.1. The summed E-state index contributed by atoms with van der Waals surface area (Å²) in [7, 11) is 1.86. The number of amides is 1. The number of carbonyl (C=O) groups is 1. The van der Waals surface area contributed by atoms with Crippen molar-refractivity contribution in [3.8, 4) is 0 Å². The van der Waals surface area contributed by atoms with E-state index in [1.807, 2.05) is 25.8 Å². The lowest BCUT2D eigenvalue weighted by molar-refractivity contribution is 0.0789. The van der Waals surface area contributed by atoms with Gasteiger partial charge in [-0.25, -0.2) is 0 Å². The lowest BCUT2D eigenvalue weighted by Gasteiger charge is -2.15. The molecule has 2 heterocycles. The monoisotopic (exact) mass is 258 g/mol. The second-order valence-corrected chi connectivity index (χ2v) is 4.47. The highest BCUT2D eigenvalue weighted by atomic mass is 35.5. The summed E-state index contributed by atoms with van der Waals surface area (Å²) in [5, 5.41) is 4.26. The second-order valence-electron chi connectivity index (χ2n) is 4.47. The highest BCUT2D eigenvalue weighted by Crippen LogP contribution is 2.17. The Morgan fingerprint density at radius 2 is 2.12 bits per heavy atom. The molecule has 0 unspecified atom stereocenters. The Balaban J connectivity index is 0.00000144. The molecule has 1 aromatic rings. The molecule has 1 atom stereocenters. The number of nitrogens with two attached hydrogens (primary N) is 1. The van der Waals surface area contributed by atoms with Crippen LogP contribution in [0.1, 0.15) is 28.2 Å². The van der Waals surface area contributed by atoms with E-state index in [0.717, 1.165) is 29.9 Å². The average Bonchev–Trinajstić information content (AvgIpc) is 2.73. The molecule has 6 heteroatoms. The topological polar surface area (TPSA) is 64.2 Å². The third-order valence-corrected chi connectivity index (χ3v) is 3.23. The van der Waals surface area contributed by atoms with Crippen molar-refractivity contribution < 1.29 is 4.79 Å². The van der Waals surface area contributed by atoms with E-state index < -0.39 is 0 Å². The van der Waals surface area contributed by atoms with Gasteiger partial charge in [0, 0.05) is 31.9 Å². The first-order valence-electron chi connectivity index (χ1n) is 5.55. The van der Waals surface area contributed by atoms with Gasteiger partial charge < -0.3 is 10.6 Å². The van der Waals surface area contributed by atoms with Crippen molar-refractivity contribution in [2.24, 2.45) is 12.8 Å². The van der Waals surface area contributed by atoms with Crippen molar-refractivity contribution >= 4 is 18.3 Å². The predicted octanol–water partition coefficient (Wildman–Crippen LogP) is 0.632. The number of halogens is 1. The van der Waals surface area contributed by atoms with Crippen LogP contribution in [0.25, 0.3) is 0 Å². The van der Waals surface area contributed by atoms with Gasteiger partial charge in [-0.1, -0.05) is 0 Å². The van der Waals surface area contributed by atoms with Crippen LogP contribution in [0, 0.1) is 13.8 Å². The Hall–Kier alpha value is -1.07. The quantitative estimate of drug-likeness (QED) is 0.804. The Kier molecular flexibility index (Phi) is 4.16. The zero-order valence-corrected chi connectivity index (χ0v) is 11.3. The number of nitrogens with zero attached hydrogens (tertiary/aromatic N) is 3. The van der Waals surface area contributed by atoms with Crippen molar-refractivity contribution in [2.45, 2.75) is 26.3 Å². The van der Waals surface area contributed by atoms with Crippen LogP contribution < -0.4 is 5.73 Å². The molecule has 96 valence electrons. The van der Waals surface area contributed by atoms with Crippen LogP contribution in [-0.2, 0) is 7.05 Å². The molecule has 2 rings (SSSR count). The Morgan fingerprint density at radius 3 is 2.53 bits per heavy atom. The molecule has 1 aliphatic heterocycles. The Morgan fingerprint density at radius 1 is 1.47 bits per heavy atom. The molecule has 0 saturated carbocycles. The normalized spacial score (nSPS) is 19.3. The van der Waals surface area contributed by atoms with Crippen LogP contribution in [0.15, 0.2) is 0 Å². The molecule has 2 N–H and O–H groups in total. The standard InChI is InChI=1S/C11H18N4O.ClH/c1-7-10(8(2)14(3)13-7)11(16)15-5-4-9(12)6-15;/h9H,4-6,12H2,1-3H3;1H/t9-;/m0./s1. The maximum absolute atomic E-state index is 12.3. The summed E-state index contributed by atoms with van der Waals surface area (Å²) in [5.74, 6) is 0.0658. The second kappa shape index (κ2) is 5.06. The highest BCUT2D eigenvalue weighted by Gasteiger charge is 2.28. The molecule has 0 aromatic carbocycles. The number of hydrogen-bond acceptors (Lipinski definition) is 3. The van der Waals surface area contributed by atoms with Crippen LogP contribution in [-0.4, -0.2) is 39.7 Å². The summed E-state index contributed by atoms with van der Waals surface area (Å²) in [6, 6.07) is 0.126. The minimum atomic E-state index is 0. The SMILES string of the molecule is Cc1nn(C)c(C)c1C(=O)N1CC[C@H](N)C1.Cl. The maximum atomic E-state index is 12.3. The average molecular weight is 259 g/mol. The summed E-state index contributed by atoms with van der Waals surface area (Å²) in [6.07, 6.45) is 0.893.